The highest BCUT2D eigenvalue weighted by atomic mass is 16.5. The number of likely N-dealkylation sites (N-methyl/N-ethyl adjacent to an activating group) is 1. The third kappa shape index (κ3) is 1.69. The van der Waals surface area contributed by atoms with E-state index < -0.39 is 0 Å². The first-order valence-electron chi connectivity index (χ1n) is 6.67. The number of rotatable bonds is 2. The van der Waals surface area contributed by atoms with Crippen LogP contribution in [0.5, 0.6) is 11.5 Å². The largest absolute Gasteiger partial charge is 0.496 e. The second-order valence-corrected chi connectivity index (χ2v) is 5.49. The van der Waals surface area contributed by atoms with Gasteiger partial charge in [-0.3, -0.25) is 0 Å². The number of ether oxygens (including phenoxy) is 2. The Bertz CT molecular complexity index is 458. The lowest BCUT2D eigenvalue weighted by Gasteiger charge is -2.30. The lowest BCUT2D eigenvalue weighted by atomic mass is 9.76. The molecule has 0 N–H and O–H groups in total. The SMILES string of the molecule is COc1ccc(OC)c2c1CCC1CN(C)CC21. The molecule has 18 heavy (non-hydrogen) atoms. The Morgan fingerprint density at radius 3 is 2.56 bits per heavy atom. The van der Waals surface area contributed by atoms with Crippen LogP contribution in [0.4, 0.5) is 0 Å². The minimum Gasteiger partial charge on any atom is -0.496 e. The molecule has 0 spiro atoms. The smallest absolute Gasteiger partial charge is 0.122 e. The van der Waals surface area contributed by atoms with Crippen molar-refractivity contribution in [3.8, 4) is 11.5 Å². The van der Waals surface area contributed by atoms with Crippen LogP contribution < -0.4 is 9.47 Å². The predicted octanol–water partition coefficient (Wildman–Crippen LogP) is 2.30. The molecular formula is C15H21NO2. The Hall–Kier alpha value is -1.22. The maximum absolute atomic E-state index is 5.58. The van der Waals surface area contributed by atoms with Crippen LogP contribution >= 0.6 is 0 Å². The van der Waals surface area contributed by atoms with E-state index in [1.165, 1.54) is 24.1 Å². The molecule has 1 aromatic carbocycles. The number of likely N-dealkylation sites (tertiary alicyclic amines) is 1. The van der Waals surface area contributed by atoms with E-state index in [0.717, 1.165) is 30.4 Å². The average Bonchev–Trinajstić information content (AvgIpc) is 2.77. The zero-order valence-corrected chi connectivity index (χ0v) is 11.4. The second kappa shape index (κ2) is 4.47. The summed E-state index contributed by atoms with van der Waals surface area (Å²) < 4.78 is 11.1. The summed E-state index contributed by atoms with van der Waals surface area (Å²) in [5.41, 5.74) is 2.77. The molecule has 3 nitrogen and oxygen atoms in total. The highest BCUT2D eigenvalue weighted by Crippen LogP contribution is 2.47. The van der Waals surface area contributed by atoms with Gasteiger partial charge in [-0.1, -0.05) is 0 Å². The van der Waals surface area contributed by atoms with Crippen LogP contribution in [-0.2, 0) is 6.42 Å². The third-order valence-corrected chi connectivity index (χ3v) is 4.47. The monoisotopic (exact) mass is 247 g/mol. The fraction of sp³-hybridized carbons (Fsp3) is 0.600. The molecule has 3 heteroatoms. The van der Waals surface area contributed by atoms with Crippen molar-refractivity contribution in [2.24, 2.45) is 5.92 Å². The van der Waals surface area contributed by atoms with E-state index in [4.69, 9.17) is 9.47 Å². The van der Waals surface area contributed by atoms with E-state index in [9.17, 15) is 0 Å². The molecule has 0 radical (unpaired) electrons. The molecule has 0 amide bonds. The number of nitrogens with zero attached hydrogens (tertiary/aromatic N) is 1. The van der Waals surface area contributed by atoms with Crippen molar-refractivity contribution in [2.75, 3.05) is 34.4 Å². The van der Waals surface area contributed by atoms with Crippen molar-refractivity contribution in [1.82, 2.24) is 4.90 Å². The molecule has 98 valence electrons. The lowest BCUT2D eigenvalue weighted by molar-refractivity contribution is 0.364. The first-order chi connectivity index (χ1) is 8.74. The van der Waals surface area contributed by atoms with E-state index in [0.29, 0.717) is 5.92 Å². The van der Waals surface area contributed by atoms with Crippen molar-refractivity contribution in [1.29, 1.82) is 0 Å². The van der Waals surface area contributed by atoms with Gasteiger partial charge in [0.15, 0.2) is 0 Å². The van der Waals surface area contributed by atoms with Crippen LogP contribution in [0.25, 0.3) is 0 Å². The highest BCUT2D eigenvalue weighted by Gasteiger charge is 2.38. The van der Waals surface area contributed by atoms with Crippen molar-refractivity contribution < 1.29 is 9.47 Å². The highest BCUT2D eigenvalue weighted by molar-refractivity contribution is 5.52. The van der Waals surface area contributed by atoms with Crippen LogP contribution in [0.2, 0.25) is 0 Å². The van der Waals surface area contributed by atoms with Crippen molar-refractivity contribution in [2.45, 2.75) is 18.8 Å². The quantitative estimate of drug-likeness (QED) is 0.800. The number of benzene rings is 1. The van der Waals surface area contributed by atoms with Gasteiger partial charge in [0.25, 0.3) is 0 Å². The summed E-state index contributed by atoms with van der Waals surface area (Å²) in [6.45, 7) is 2.35. The van der Waals surface area contributed by atoms with Gasteiger partial charge in [-0.2, -0.15) is 0 Å². The third-order valence-electron chi connectivity index (χ3n) is 4.47. The van der Waals surface area contributed by atoms with Crippen LogP contribution in [0, 0.1) is 5.92 Å². The number of hydrogen-bond donors (Lipinski definition) is 0. The molecule has 0 aromatic heterocycles. The number of hydrogen-bond acceptors (Lipinski definition) is 3. The molecule has 1 saturated heterocycles. The Balaban J connectivity index is 2.11. The molecule has 0 bridgehead atoms. The normalized spacial score (nSPS) is 26.6. The first kappa shape index (κ1) is 11.8. The zero-order valence-electron chi connectivity index (χ0n) is 11.4. The van der Waals surface area contributed by atoms with E-state index in [-0.39, 0.29) is 0 Å². The Morgan fingerprint density at radius 1 is 1.11 bits per heavy atom. The van der Waals surface area contributed by atoms with E-state index in [1.54, 1.807) is 14.2 Å². The van der Waals surface area contributed by atoms with Gasteiger partial charge in [0.05, 0.1) is 14.2 Å². The van der Waals surface area contributed by atoms with Gasteiger partial charge in [0.1, 0.15) is 11.5 Å². The van der Waals surface area contributed by atoms with Gasteiger partial charge in [-0.25, -0.2) is 0 Å². The number of fused-ring (bicyclic) bond motifs is 3. The molecule has 1 aliphatic heterocycles. The van der Waals surface area contributed by atoms with Gasteiger partial charge in [-0.15, -0.1) is 0 Å². The minimum absolute atomic E-state index is 0.615. The summed E-state index contributed by atoms with van der Waals surface area (Å²) in [5, 5.41) is 0. The summed E-state index contributed by atoms with van der Waals surface area (Å²) >= 11 is 0. The molecule has 0 saturated carbocycles. The topological polar surface area (TPSA) is 21.7 Å². The van der Waals surface area contributed by atoms with Crippen molar-refractivity contribution in [3.63, 3.8) is 0 Å². The van der Waals surface area contributed by atoms with Gasteiger partial charge in [0, 0.05) is 30.1 Å². The van der Waals surface area contributed by atoms with Crippen molar-refractivity contribution in [3.05, 3.63) is 23.3 Å². The van der Waals surface area contributed by atoms with Gasteiger partial charge in [-0.05, 0) is 37.9 Å². The molecule has 2 unspecified atom stereocenters. The molecular weight excluding hydrogens is 226 g/mol. The Labute approximate surface area is 109 Å². The van der Waals surface area contributed by atoms with Crippen LogP contribution in [-0.4, -0.2) is 39.3 Å². The average molecular weight is 247 g/mol. The molecule has 2 aliphatic rings. The fourth-order valence-corrected chi connectivity index (χ4v) is 3.69. The summed E-state index contributed by atoms with van der Waals surface area (Å²) in [6.07, 6.45) is 2.39. The predicted molar refractivity (Wildman–Crippen MR) is 71.6 cm³/mol. The molecule has 1 aliphatic carbocycles. The summed E-state index contributed by atoms with van der Waals surface area (Å²) in [4.78, 5) is 2.43. The standard InChI is InChI=1S/C15H21NO2/c1-16-8-10-4-5-11-13(17-2)6-7-14(18-3)15(11)12(10)9-16/h6-7,10,12H,4-5,8-9H2,1-3H3. The van der Waals surface area contributed by atoms with Gasteiger partial charge in [0.2, 0.25) is 0 Å². The van der Waals surface area contributed by atoms with Crippen LogP contribution in [0.1, 0.15) is 23.5 Å². The van der Waals surface area contributed by atoms with E-state index in [1.807, 2.05) is 6.07 Å². The van der Waals surface area contributed by atoms with Crippen molar-refractivity contribution >= 4 is 0 Å². The maximum Gasteiger partial charge on any atom is 0.122 e. The Morgan fingerprint density at radius 2 is 1.83 bits per heavy atom. The van der Waals surface area contributed by atoms with Crippen LogP contribution in [0.15, 0.2) is 12.1 Å². The minimum atomic E-state index is 0.615. The van der Waals surface area contributed by atoms with Gasteiger partial charge < -0.3 is 14.4 Å². The molecule has 1 aromatic rings. The first-order valence-corrected chi connectivity index (χ1v) is 6.67. The number of methoxy groups -OCH3 is 2. The molecule has 2 atom stereocenters. The Kier molecular flexibility index (Phi) is 2.94. The molecule has 1 heterocycles. The zero-order chi connectivity index (χ0) is 12.7. The fourth-order valence-electron chi connectivity index (χ4n) is 3.69. The molecule has 1 fully saturated rings. The summed E-state index contributed by atoms with van der Waals surface area (Å²) in [5.74, 6) is 3.46. The maximum atomic E-state index is 5.58. The second-order valence-electron chi connectivity index (χ2n) is 5.49. The van der Waals surface area contributed by atoms with E-state index in [2.05, 4.69) is 18.0 Å². The lowest BCUT2D eigenvalue weighted by Crippen LogP contribution is -2.20. The summed E-state index contributed by atoms with van der Waals surface area (Å²) in [6, 6.07) is 4.09. The van der Waals surface area contributed by atoms with Gasteiger partial charge >= 0.3 is 0 Å². The molecule has 3 rings (SSSR count). The van der Waals surface area contributed by atoms with Crippen LogP contribution in [0.3, 0.4) is 0 Å². The summed E-state index contributed by atoms with van der Waals surface area (Å²) in [7, 11) is 5.74. The van der Waals surface area contributed by atoms with E-state index >= 15 is 0 Å².